The molecule has 1 aliphatic heterocycles. The monoisotopic (exact) mass is 578 g/mol. The molecule has 0 aliphatic carbocycles. The summed E-state index contributed by atoms with van der Waals surface area (Å²) in [6.45, 7) is 1.83. The van der Waals surface area contributed by atoms with E-state index in [0.29, 0.717) is 53.4 Å². The summed E-state index contributed by atoms with van der Waals surface area (Å²) >= 11 is 12.7. The number of carbonyl (C=O) groups is 2. The highest BCUT2D eigenvalue weighted by atomic mass is 35.5. The predicted molar refractivity (Wildman–Crippen MR) is 155 cm³/mol. The molecule has 1 atom stereocenters. The molecule has 1 aromatic heterocycles. The van der Waals surface area contributed by atoms with Crippen molar-refractivity contribution < 1.29 is 19.1 Å². The number of anilines is 1. The zero-order valence-corrected chi connectivity index (χ0v) is 23.4. The van der Waals surface area contributed by atoms with Crippen molar-refractivity contribution in [2.45, 2.75) is 12.6 Å². The lowest BCUT2D eigenvalue weighted by molar-refractivity contribution is -0.108. The molecule has 1 fully saturated rings. The summed E-state index contributed by atoms with van der Waals surface area (Å²) in [4.78, 5) is 32.6. The summed E-state index contributed by atoms with van der Waals surface area (Å²) < 4.78 is 13.2. The van der Waals surface area contributed by atoms with Gasteiger partial charge in [0.1, 0.15) is 18.2 Å². The van der Waals surface area contributed by atoms with E-state index in [2.05, 4.69) is 0 Å². The number of hydrogen-bond donors (Lipinski definition) is 0. The van der Waals surface area contributed by atoms with Crippen LogP contribution < -0.4 is 4.90 Å². The minimum absolute atomic E-state index is 0.0530. The van der Waals surface area contributed by atoms with E-state index in [1.165, 1.54) is 4.90 Å². The summed E-state index contributed by atoms with van der Waals surface area (Å²) in [7, 11) is 1.58. The number of benzene rings is 3. The van der Waals surface area contributed by atoms with Crippen LogP contribution in [0.5, 0.6) is 0 Å². The number of hydrogen-bond acceptors (Lipinski definition) is 5. The van der Waals surface area contributed by atoms with Crippen molar-refractivity contribution in [1.29, 1.82) is 0 Å². The molecule has 0 N–H and O–H groups in total. The number of rotatable bonds is 8. The van der Waals surface area contributed by atoms with Crippen LogP contribution in [0.3, 0.4) is 0 Å². The fourth-order valence-corrected chi connectivity index (χ4v) is 4.82. The molecule has 0 bridgehead atoms. The van der Waals surface area contributed by atoms with Crippen LogP contribution in [0.2, 0.25) is 10.0 Å². The second-order valence-corrected chi connectivity index (χ2v) is 10.2. The molecule has 1 saturated heterocycles. The number of imidazole rings is 1. The molecule has 4 aromatic rings. The lowest BCUT2D eigenvalue weighted by Gasteiger charge is -2.26. The molecule has 206 valence electrons. The Kier molecular flexibility index (Phi) is 8.81. The summed E-state index contributed by atoms with van der Waals surface area (Å²) in [5.74, 6) is 0.962. The molecule has 40 heavy (non-hydrogen) atoms. The van der Waals surface area contributed by atoms with Crippen LogP contribution in [-0.2, 0) is 20.8 Å². The predicted octanol–water partition coefficient (Wildman–Crippen LogP) is 6.19. The molecule has 1 unspecified atom stereocenters. The maximum Gasteiger partial charge on any atom is 0.326 e. The minimum Gasteiger partial charge on any atom is -0.376 e. The highest BCUT2D eigenvalue weighted by molar-refractivity contribution is 6.33. The van der Waals surface area contributed by atoms with E-state index in [4.69, 9.17) is 37.7 Å². The van der Waals surface area contributed by atoms with Crippen molar-refractivity contribution in [2.24, 2.45) is 0 Å². The van der Waals surface area contributed by atoms with Gasteiger partial charge in [0.2, 0.25) is 0 Å². The smallest absolute Gasteiger partial charge is 0.326 e. The third kappa shape index (κ3) is 6.21. The summed E-state index contributed by atoms with van der Waals surface area (Å²) in [6, 6.07) is 22.2. The Morgan fingerprint density at radius 3 is 2.48 bits per heavy atom. The van der Waals surface area contributed by atoms with Crippen LogP contribution in [0.15, 0.2) is 79.0 Å². The number of likely N-dealkylation sites (N-methyl/N-ethyl adjacent to an activating group) is 1. The van der Waals surface area contributed by atoms with Crippen LogP contribution in [0.25, 0.3) is 17.1 Å². The molecule has 10 heteroatoms. The number of urea groups is 1. The number of ether oxygens (including phenoxy) is 2. The highest BCUT2D eigenvalue weighted by Gasteiger charge is 2.25. The van der Waals surface area contributed by atoms with Gasteiger partial charge in [0, 0.05) is 23.3 Å². The second-order valence-electron chi connectivity index (χ2n) is 9.34. The number of halogens is 2. The van der Waals surface area contributed by atoms with Gasteiger partial charge in [0.05, 0.1) is 44.1 Å². The van der Waals surface area contributed by atoms with Crippen molar-refractivity contribution in [3.63, 3.8) is 0 Å². The maximum atomic E-state index is 13.6. The molecular formula is C30H28Cl2N4O4. The van der Waals surface area contributed by atoms with E-state index < -0.39 is 0 Å². The summed E-state index contributed by atoms with van der Waals surface area (Å²) in [5, 5.41) is 1.12. The van der Waals surface area contributed by atoms with E-state index in [-0.39, 0.29) is 25.2 Å². The first-order valence-corrected chi connectivity index (χ1v) is 13.5. The van der Waals surface area contributed by atoms with Gasteiger partial charge in [-0.3, -0.25) is 9.47 Å². The van der Waals surface area contributed by atoms with Crippen LogP contribution in [0.1, 0.15) is 17.2 Å². The molecule has 3 aromatic carbocycles. The molecule has 2 amide bonds. The van der Waals surface area contributed by atoms with Gasteiger partial charge in [-0.25, -0.2) is 9.78 Å². The lowest BCUT2D eigenvalue weighted by Crippen LogP contribution is -2.42. The van der Waals surface area contributed by atoms with Crippen molar-refractivity contribution in [3.05, 3.63) is 100 Å². The molecule has 1 aliphatic rings. The van der Waals surface area contributed by atoms with Gasteiger partial charge in [-0.15, -0.1) is 0 Å². The number of nitrogens with zero attached hydrogens (tertiary/aromatic N) is 4. The zero-order valence-electron chi connectivity index (χ0n) is 21.9. The number of aromatic nitrogens is 2. The summed E-state index contributed by atoms with van der Waals surface area (Å²) in [6.07, 6.45) is 2.36. The average molecular weight is 579 g/mol. The molecule has 5 rings (SSSR count). The molecule has 2 heterocycles. The highest BCUT2D eigenvalue weighted by Crippen LogP contribution is 2.33. The molecular weight excluding hydrogens is 551 g/mol. The SMILES string of the molecule is CN(CC=O)C(=O)N(Cc1ccc(C2COCCO2)cc1)c1cn(-c2ccc(Cl)cc2)c(-c2ccccc2Cl)n1. The first-order chi connectivity index (χ1) is 19.4. The van der Waals surface area contributed by atoms with Gasteiger partial charge in [0.15, 0.2) is 5.82 Å². The third-order valence-electron chi connectivity index (χ3n) is 6.60. The Bertz CT molecular complexity index is 1470. The normalized spacial score (nSPS) is 15.0. The Labute approximate surface area is 242 Å². The molecule has 0 spiro atoms. The summed E-state index contributed by atoms with van der Waals surface area (Å²) in [5.41, 5.74) is 3.39. The lowest BCUT2D eigenvalue weighted by atomic mass is 10.1. The Hall–Kier alpha value is -3.69. The van der Waals surface area contributed by atoms with Crippen molar-refractivity contribution in [1.82, 2.24) is 14.5 Å². The van der Waals surface area contributed by atoms with Crippen LogP contribution in [-0.4, -0.2) is 60.2 Å². The van der Waals surface area contributed by atoms with Crippen molar-refractivity contribution in [3.8, 4) is 17.1 Å². The van der Waals surface area contributed by atoms with Gasteiger partial charge < -0.3 is 19.2 Å². The molecule has 0 saturated carbocycles. The fraction of sp³-hybridized carbons (Fsp3) is 0.233. The maximum absolute atomic E-state index is 13.6. The van der Waals surface area contributed by atoms with Gasteiger partial charge >= 0.3 is 6.03 Å². The number of carbonyl (C=O) groups excluding carboxylic acids is 2. The largest absolute Gasteiger partial charge is 0.376 e. The third-order valence-corrected chi connectivity index (χ3v) is 7.18. The first kappa shape index (κ1) is 27.9. The second kappa shape index (κ2) is 12.7. The topological polar surface area (TPSA) is 76.9 Å². The van der Waals surface area contributed by atoms with E-state index in [1.54, 1.807) is 36.3 Å². The van der Waals surface area contributed by atoms with Crippen molar-refractivity contribution >= 4 is 41.3 Å². The van der Waals surface area contributed by atoms with E-state index in [1.807, 2.05) is 59.2 Å². The quantitative estimate of drug-likeness (QED) is 0.233. The van der Waals surface area contributed by atoms with Gasteiger partial charge in [-0.2, -0.15) is 0 Å². The Morgan fingerprint density at radius 1 is 1.05 bits per heavy atom. The standard InChI is InChI=1S/C30H28Cl2N4O4/c1-34(14-15-37)30(38)36(18-21-6-8-22(9-7-21)27-20-39-16-17-40-27)28-19-35(24-12-10-23(31)11-13-24)29(33-28)25-4-2-3-5-26(25)32/h2-13,15,19,27H,14,16-18,20H2,1H3. The van der Waals surface area contributed by atoms with Gasteiger partial charge in [-0.1, -0.05) is 59.6 Å². The fourth-order valence-electron chi connectivity index (χ4n) is 4.47. The van der Waals surface area contributed by atoms with E-state index >= 15 is 0 Å². The van der Waals surface area contributed by atoms with Gasteiger partial charge in [0.25, 0.3) is 0 Å². The van der Waals surface area contributed by atoms with Crippen LogP contribution in [0.4, 0.5) is 10.6 Å². The minimum atomic E-state index is -0.369. The van der Waals surface area contributed by atoms with Gasteiger partial charge in [-0.05, 0) is 47.5 Å². The number of aldehydes is 1. The van der Waals surface area contributed by atoms with Crippen LogP contribution in [0, 0.1) is 0 Å². The van der Waals surface area contributed by atoms with E-state index in [9.17, 15) is 9.59 Å². The average Bonchev–Trinajstić information content (AvgIpc) is 3.42. The Morgan fingerprint density at radius 2 is 1.80 bits per heavy atom. The van der Waals surface area contributed by atoms with Crippen LogP contribution >= 0.6 is 23.2 Å². The van der Waals surface area contributed by atoms with Crippen molar-refractivity contribution in [2.75, 3.05) is 38.3 Å². The number of amides is 2. The van der Waals surface area contributed by atoms with E-state index in [0.717, 1.165) is 16.8 Å². The molecule has 0 radical (unpaired) electrons. The Balaban J connectivity index is 1.55. The zero-order chi connectivity index (χ0) is 28.1. The molecule has 8 nitrogen and oxygen atoms in total. The first-order valence-electron chi connectivity index (χ1n) is 12.8.